The molecule has 40 heavy (non-hydrogen) atoms. The molecule has 2 aromatic rings. The largest absolute Gasteiger partial charge is 0.540 e. The van der Waals surface area contributed by atoms with E-state index in [1.807, 2.05) is 44.4 Å². The molecule has 0 saturated heterocycles. The molecule has 2 rings (SSSR count). The quantitative estimate of drug-likeness (QED) is 0.117. The second kappa shape index (κ2) is 13.2. The second-order valence-electron chi connectivity index (χ2n) is 12.4. The minimum atomic E-state index is -1.22. The van der Waals surface area contributed by atoms with Gasteiger partial charge in [-0.3, -0.25) is 9.59 Å². The normalized spacial score (nSPS) is 13.1. The van der Waals surface area contributed by atoms with E-state index in [0.717, 1.165) is 16.7 Å². The summed E-state index contributed by atoms with van der Waals surface area (Å²) < 4.78 is 24.0. The third-order valence-corrected chi connectivity index (χ3v) is 7.63. The van der Waals surface area contributed by atoms with Crippen molar-refractivity contribution in [3.05, 3.63) is 52.6 Å². The van der Waals surface area contributed by atoms with Gasteiger partial charge in [-0.15, -0.1) is 0 Å². The average Bonchev–Trinajstić information content (AvgIpc) is 2.84. The first-order chi connectivity index (χ1) is 18.4. The van der Waals surface area contributed by atoms with Crippen LogP contribution in [0.5, 0.6) is 23.0 Å². The topological polar surface area (TPSA) is 71.1 Å². The molecule has 6 nitrogen and oxygen atoms in total. The van der Waals surface area contributed by atoms with E-state index in [1.165, 1.54) is 6.08 Å². The number of Topliss-reactive ketones (excluding diaryl/α,β-unsaturated/α-hetero) is 1. The molecule has 1 unspecified atom stereocenters. The van der Waals surface area contributed by atoms with Crippen molar-refractivity contribution in [2.75, 3.05) is 14.2 Å². The first-order valence-corrected chi connectivity index (χ1v) is 18.4. The number of allylic oxidation sites excluding steroid dienone is 1. The predicted molar refractivity (Wildman–Crippen MR) is 167 cm³/mol. The van der Waals surface area contributed by atoms with E-state index < -0.39 is 24.0 Å². The number of hydrogen-bond donors (Lipinski definition) is 0. The zero-order chi connectivity index (χ0) is 30.6. The SMILES string of the molecule is COc1c(C(C)(C)C)ccc(C=CC(=O)C(C)C(=O)c2ccc(C(C)(C)C)c(OC)c2O[Si](C)C)c1O[Si](C)C. The van der Waals surface area contributed by atoms with Crippen molar-refractivity contribution < 1.29 is 27.9 Å². The van der Waals surface area contributed by atoms with Crippen LogP contribution in [0.25, 0.3) is 6.08 Å². The number of hydrogen-bond acceptors (Lipinski definition) is 6. The van der Waals surface area contributed by atoms with Crippen LogP contribution in [0.1, 0.15) is 75.5 Å². The van der Waals surface area contributed by atoms with Crippen LogP contribution < -0.4 is 18.3 Å². The molecule has 0 heterocycles. The molecule has 0 aliphatic heterocycles. The summed E-state index contributed by atoms with van der Waals surface area (Å²) >= 11 is 0. The van der Waals surface area contributed by atoms with E-state index in [9.17, 15) is 9.59 Å². The van der Waals surface area contributed by atoms with Gasteiger partial charge in [-0.05, 0) is 62.2 Å². The molecule has 0 aliphatic rings. The zero-order valence-corrected chi connectivity index (χ0v) is 28.5. The highest BCUT2D eigenvalue weighted by atomic mass is 28.3. The molecular formula is C32H46O6Si2. The Balaban J connectivity index is 2.52. The maximum atomic E-state index is 13.7. The number of methoxy groups -OCH3 is 2. The number of carbonyl (C=O) groups is 2. The highest BCUT2D eigenvalue weighted by Gasteiger charge is 2.31. The molecule has 0 amide bonds. The number of rotatable bonds is 11. The van der Waals surface area contributed by atoms with Gasteiger partial charge in [0, 0.05) is 16.7 Å². The van der Waals surface area contributed by atoms with E-state index in [2.05, 4.69) is 41.5 Å². The molecule has 0 N–H and O–H groups in total. The number of carbonyl (C=O) groups excluding carboxylic acids is 2. The van der Waals surface area contributed by atoms with Gasteiger partial charge >= 0.3 is 0 Å². The Bertz CT molecular complexity index is 1250. The molecule has 0 aromatic heterocycles. The average molecular weight is 583 g/mol. The van der Waals surface area contributed by atoms with Crippen molar-refractivity contribution in [2.45, 2.75) is 85.5 Å². The monoisotopic (exact) mass is 582 g/mol. The van der Waals surface area contributed by atoms with Gasteiger partial charge < -0.3 is 18.3 Å². The molecule has 0 fully saturated rings. The van der Waals surface area contributed by atoms with Crippen molar-refractivity contribution in [3.63, 3.8) is 0 Å². The van der Waals surface area contributed by atoms with Gasteiger partial charge in [0.1, 0.15) is 0 Å². The molecule has 1 atom stereocenters. The predicted octanol–water partition coefficient (Wildman–Crippen LogP) is 7.66. The third kappa shape index (κ3) is 7.88. The summed E-state index contributed by atoms with van der Waals surface area (Å²) in [6.07, 6.45) is 3.16. The number of ketones is 2. The Kier molecular flexibility index (Phi) is 11.0. The van der Waals surface area contributed by atoms with Crippen LogP contribution in [0, 0.1) is 5.92 Å². The van der Waals surface area contributed by atoms with Crippen LogP contribution >= 0.6 is 0 Å². The number of benzene rings is 2. The van der Waals surface area contributed by atoms with Gasteiger partial charge in [0.2, 0.25) is 0 Å². The standard InChI is InChI=1S/C32H46O6Si2/c1-20(26(34)22-16-18-24(32(5,6)7)30(36-9)28(22)38-40(12)13)25(33)19-15-21-14-17-23(31(2,3)4)29(35-8)27(21)37-39(10)11/h14-20H,1-13H3. The Morgan fingerprint density at radius 2 is 1.18 bits per heavy atom. The fourth-order valence-electron chi connectivity index (χ4n) is 4.35. The van der Waals surface area contributed by atoms with Gasteiger partial charge in [-0.25, -0.2) is 0 Å². The van der Waals surface area contributed by atoms with Crippen molar-refractivity contribution >= 4 is 35.7 Å². The van der Waals surface area contributed by atoms with E-state index >= 15 is 0 Å². The first-order valence-electron chi connectivity index (χ1n) is 13.6. The number of ether oxygens (including phenoxy) is 2. The van der Waals surface area contributed by atoms with Crippen LogP contribution in [0.4, 0.5) is 0 Å². The summed E-state index contributed by atoms with van der Waals surface area (Å²) in [7, 11) is 0.881. The molecule has 2 radical (unpaired) electrons. The summed E-state index contributed by atoms with van der Waals surface area (Å²) in [4.78, 5) is 27.0. The van der Waals surface area contributed by atoms with Gasteiger partial charge in [0.25, 0.3) is 18.1 Å². The highest BCUT2D eigenvalue weighted by molar-refractivity contribution is 6.49. The molecule has 0 bridgehead atoms. The summed E-state index contributed by atoms with van der Waals surface area (Å²) in [5.41, 5.74) is 2.68. The Labute approximate surface area is 244 Å². The van der Waals surface area contributed by atoms with E-state index in [1.54, 1.807) is 33.3 Å². The summed E-state index contributed by atoms with van der Waals surface area (Å²) in [5, 5.41) is 0. The molecule has 8 heteroatoms. The lowest BCUT2D eigenvalue weighted by Crippen LogP contribution is -2.23. The second-order valence-corrected chi connectivity index (χ2v) is 16.5. The molecule has 0 aliphatic carbocycles. The van der Waals surface area contributed by atoms with Gasteiger partial charge in [-0.1, -0.05) is 59.7 Å². The Morgan fingerprint density at radius 1 is 0.725 bits per heavy atom. The van der Waals surface area contributed by atoms with Crippen LogP contribution in [-0.4, -0.2) is 43.9 Å². The Morgan fingerprint density at radius 3 is 1.62 bits per heavy atom. The Hall–Kier alpha value is -2.85. The summed E-state index contributed by atoms with van der Waals surface area (Å²) in [6, 6.07) is 7.59. The van der Waals surface area contributed by atoms with Crippen molar-refractivity contribution in [1.82, 2.24) is 0 Å². The lowest BCUT2D eigenvalue weighted by Gasteiger charge is -2.26. The molecular weight excluding hydrogens is 537 g/mol. The summed E-state index contributed by atoms with van der Waals surface area (Å²) in [6.45, 7) is 22.3. The van der Waals surface area contributed by atoms with Crippen LogP contribution in [-0.2, 0) is 15.6 Å². The fourth-order valence-corrected chi connectivity index (χ4v) is 5.58. The minimum absolute atomic E-state index is 0.154. The molecule has 218 valence electrons. The maximum Gasteiger partial charge on any atom is 0.274 e. The lowest BCUT2D eigenvalue weighted by atomic mass is 9.84. The molecule has 0 saturated carbocycles. The zero-order valence-electron chi connectivity index (χ0n) is 26.5. The lowest BCUT2D eigenvalue weighted by molar-refractivity contribution is -0.116. The van der Waals surface area contributed by atoms with E-state index in [-0.39, 0.29) is 22.4 Å². The minimum Gasteiger partial charge on any atom is -0.540 e. The molecule has 0 spiro atoms. The van der Waals surface area contributed by atoms with Crippen LogP contribution in [0.3, 0.4) is 0 Å². The smallest absolute Gasteiger partial charge is 0.274 e. The van der Waals surface area contributed by atoms with Crippen molar-refractivity contribution in [2.24, 2.45) is 5.92 Å². The molecule has 2 aromatic carbocycles. The third-order valence-electron chi connectivity index (χ3n) is 6.40. The fraction of sp³-hybridized carbons (Fsp3) is 0.500. The van der Waals surface area contributed by atoms with Crippen LogP contribution in [0.15, 0.2) is 30.3 Å². The van der Waals surface area contributed by atoms with Crippen LogP contribution in [0.2, 0.25) is 26.2 Å². The van der Waals surface area contributed by atoms with E-state index in [4.69, 9.17) is 18.3 Å². The van der Waals surface area contributed by atoms with Gasteiger partial charge in [-0.2, -0.15) is 0 Å². The van der Waals surface area contributed by atoms with Gasteiger partial charge in [0.15, 0.2) is 34.6 Å². The first kappa shape index (κ1) is 33.4. The highest BCUT2D eigenvalue weighted by Crippen LogP contribution is 2.43. The maximum absolute atomic E-state index is 13.7. The summed E-state index contributed by atoms with van der Waals surface area (Å²) in [5.74, 6) is 0.724. The van der Waals surface area contributed by atoms with E-state index in [0.29, 0.717) is 28.6 Å². The van der Waals surface area contributed by atoms with Crippen molar-refractivity contribution in [3.8, 4) is 23.0 Å². The van der Waals surface area contributed by atoms with Crippen molar-refractivity contribution in [1.29, 1.82) is 0 Å². The van der Waals surface area contributed by atoms with Gasteiger partial charge in [0.05, 0.1) is 25.7 Å².